The van der Waals surface area contributed by atoms with Gasteiger partial charge in [-0.3, -0.25) is 23.7 Å². The molecule has 0 saturated carbocycles. The summed E-state index contributed by atoms with van der Waals surface area (Å²) >= 11 is 0. The van der Waals surface area contributed by atoms with Gasteiger partial charge in [-0.1, -0.05) is 42.0 Å². The van der Waals surface area contributed by atoms with E-state index in [-0.39, 0.29) is 28.2 Å². The number of nitrogens with zero attached hydrogens (tertiary/aromatic N) is 4. The molecule has 2 unspecified atom stereocenters. The topological polar surface area (TPSA) is 171 Å². The zero-order valence-electron chi connectivity index (χ0n) is 23.8. The molecule has 0 spiro atoms. The molecule has 12 heteroatoms. The molecule has 3 aromatic carbocycles. The fourth-order valence-electron chi connectivity index (χ4n) is 5.84. The van der Waals surface area contributed by atoms with Crippen LogP contribution in [0.25, 0.3) is 10.9 Å². The minimum Gasteiger partial charge on any atom is -0.481 e. The predicted molar refractivity (Wildman–Crippen MR) is 160 cm³/mol. The third kappa shape index (κ3) is 4.89. The molecule has 0 saturated heterocycles. The summed E-state index contributed by atoms with van der Waals surface area (Å²) in [7, 11) is 0. The average molecular weight is 594 g/mol. The van der Waals surface area contributed by atoms with Crippen molar-refractivity contribution in [3.05, 3.63) is 105 Å². The lowest BCUT2D eigenvalue weighted by atomic mass is 9.96. The number of nitrogens with one attached hydrogen (secondary N) is 1. The maximum atomic E-state index is 14.1. The normalized spacial score (nSPS) is 16.2. The number of hydrogen-bond acceptors (Lipinski definition) is 7. The van der Waals surface area contributed by atoms with Gasteiger partial charge in [-0.05, 0) is 50.1 Å². The summed E-state index contributed by atoms with van der Waals surface area (Å²) in [6.07, 6.45) is -1.38. The first kappa shape index (κ1) is 28.5. The molecule has 2 aliphatic heterocycles. The van der Waals surface area contributed by atoms with E-state index in [0.29, 0.717) is 18.7 Å². The van der Waals surface area contributed by atoms with Gasteiger partial charge in [0, 0.05) is 23.2 Å². The zero-order valence-corrected chi connectivity index (χ0v) is 23.8. The molecule has 3 heterocycles. The maximum absolute atomic E-state index is 14.1. The largest absolute Gasteiger partial charge is 0.481 e. The van der Waals surface area contributed by atoms with E-state index >= 15 is 0 Å². The molecule has 12 nitrogen and oxygen atoms in total. The van der Waals surface area contributed by atoms with Gasteiger partial charge in [0.05, 0.1) is 28.7 Å². The average Bonchev–Trinajstić information content (AvgIpc) is 3.36. The maximum Gasteiger partial charge on any atom is 0.326 e. The Morgan fingerprint density at radius 3 is 2.48 bits per heavy atom. The molecule has 0 bridgehead atoms. The van der Waals surface area contributed by atoms with Gasteiger partial charge in [-0.2, -0.15) is 0 Å². The number of carboxylic acid groups (broad SMARTS) is 2. The van der Waals surface area contributed by atoms with Crippen molar-refractivity contribution in [1.82, 2.24) is 14.9 Å². The number of fused-ring (bicyclic) bond motifs is 1. The Hall–Kier alpha value is -5.65. The minimum atomic E-state index is -1.64. The van der Waals surface area contributed by atoms with E-state index in [4.69, 9.17) is 10.1 Å². The number of aryl methyl sites for hydroxylation is 2. The van der Waals surface area contributed by atoms with Crippen molar-refractivity contribution >= 4 is 46.1 Å². The summed E-state index contributed by atoms with van der Waals surface area (Å²) in [6, 6.07) is 15.9. The second kappa shape index (κ2) is 10.9. The molecule has 2 aliphatic rings. The lowest BCUT2D eigenvalue weighted by molar-refractivity contribution is -0.145. The minimum absolute atomic E-state index is 0.0106. The van der Waals surface area contributed by atoms with Gasteiger partial charge in [0.2, 0.25) is 6.17 Å². The summed E-state index contributed by atoms with van der Waals surface area (Å²) in [5.74, 6) is -3.89. The molecule has 222 valence electrons. The highest BCUT2D eigenvalue weighted by atomic mass is 16.4. The second-order valence-electron chi connectivity index (χ2n) is 10.8. The Morgan fingerprint density at radius 1 is 1.02 bits per heavy atom. The van der Waals surface area contributed by atoms with Crippen LogP contribution >= 0.6 is 0 Å². The highest BCUT2D eigenvalue weighted by molar-refractivity contribution is 6.20. The van der Waals surface area contributed by atoms with E-state index in [1.807, 2.05) is 43.3 Å². The summed E-state index contributed by atoms with van der Waals surface area (Å²) in [6.45, 7) is 4.02. The number of hydrogen-bond donors (Lipinski definition) is 3. The van der Waals surface area contributed by atoms with Crippen LogP contribution in [0.15, 0.2) is 70.5 Å². The van der Waals surface area contributed by atoms with Gasteiger partial charge in [0.1, 0.15) is 11.9 Å². The number of carboxylic acids is 2. The monoisotopic (exact) mass is 593 g/mol. The Kier molecular flexibility index (Phi) is 7.04. The van der Waals surface area contributed by atoms with Crippen LogP contribution in [0.4, 0.5) is 5.69 Å². The van der Waals surface area contributed by atoms with Gasteiger partial charge in [0.25, 0.3) is 17.4 Å². The third-order valence-electron chi connectivity index (χ3n) is 7.82. The molecule has 44 heavy (non-hydrogen) atoms. The lowest BCUT2D eigenvalue weighted by Gasteiger charge is -2.23. The molecular formula is C32H27N5O7. The van der Waals surface area contributed by atoms with Crippen molar-refractivity contribution in [2.75, 3.05) is 11.4 Å². The van der Waals surface area contributed by atoms with Crippen LogP contribution in [0.1, 0.15) is 51.0 Å². The van der Waals surface area contributed by atoms with Crippen molar-refractivity contribution in [3.8, 4) is 0 Å². The number of amides is 2. The van der Waals surface area contributed by atoms with E-state index in [1.165, 1.54) is 22.8 Å². The first-order chi connectivity index (χ1) is 21.0. The van der Waals surface area contributed by atoms with E-state index in [9.17, 15) is 29.1 Å². The number of aliphatic carboxylic acids is 2. The van der Waals surface area contributed by atoms with Crippen LogP contribution in [-0.4, -0.2) is 61.8 Å². The van der Waals surface area contributed by atoms with Gasteiger partial charge >= 0.3 is 11.9 Å². The van der Waals surface area contributed by atoms with E-state index in [2.05, 4.69) is 16.4 Å². The van der Waals surface area contributed by atoms with E-state index in [0.717, 1.165) is 27.9 Å². The van der Waals surface area contributed by atoms with Gasteiger partial charge in [-0.25, -0.2) is 14.8 Å². The Morgan fingerprint density at radius 2 is 1.77 bits per heavy atom. The van der Waals surface area contributed by atoms with Crippen molar-refractivity contribution in [2.24, 2.45) is 4.99 Å². The number of aromatic nitrogens is 2. The standard InChI is InChI=1S/C32H27N5O7/c1-16-12-19-10-11-36-27(19)22(13-16)26(18-6-4-3-5-7-18)35-28(31(36)42)37-17(2)33-23-14-20(8-9-21(23)30(37)41)29(40)34-24(32(43)44)15-25(38)39/h3-9,12-14,24,28H,10-11,15H2,1-2H3,(H,34,40)(H,38,39)(H,43,44). The number of anilines is 1. The molecule has 2 amide bonds. The number of benzene rings is 3. The predicted octanol–water partition coefficient (Wildman–Crippen LogP) is 2.61. The molecule has 0 radical (unpaired) electrons. The smallest absolute Gasteiger partial charge is 0.326 e. The third-order valence-corrected chi connectivity index (χ3v) is 7.82. The molecular weight excluding hydrogens is 566 g/mol. The molecule has 3 N–H and O–H groups in total. The van der Waals surface area contributed by atoms with Crippen LogP contribution < -0.4 is 15.8 Å². The summed E-state index contributed by atoms with van der Waals surface area (Å²) in [5, 5.41) is 20.6. The van der Waals surface area contributed by atoms with Crippen LogP contribution in [0.5, 0.6) is 0 Å². The molecule has 4 aromatic rings. The summed E-state index contributed by atoms with van der Waals surface area (Å²) < 4.78 is 1.26. The number of aliphatic imine (C=N–C) groups is 1. The lowest BCUT2D eigenvalue weighted by Crippen LogP contribution is -2.42. The van der Waals surface area contributed by atoms with E-state index in [1.54, 1.807) is 11.8 Å². The van der Waals surface area contributed by atoms with Crippen LogP contribution in [-0.2, 0) is 20.8 Å². The van der Waals surface area contributed by atoms with E-state index < -0.39 is 42.0 Å². The number of carbonyl (C=O) groups is 4. The van der Waals surface area contributed by atoms with Crippen LogP contribution in [0, 0.1) is 13.8 Å². The first-order valence-electron chi connectivity index (χ1n) is 13.9. The van der Waals surface area contributed by atoms with Gasteiger partial charge in [0.15, 0.2) is 0 Å². The summed E-state index contributed by atoms with van der Waals surface area (Å²) in [4.78, 5) is 74.5. The van der Waals surface area contributed by atoms with Crippen molar-refractivity contribution in [3.63, 3.8) is 0 Å². The highest BCUT2D eigenvalue weighted by Gasteiger charge is 2.38. The fraction of sp³-hybridized carbons (Fsp3) is 0.219. The molecule has 2 atom stereocenters. The highest BCUT2D eigenvalue weighted by Crippen LogP contribution is 2.39. The van der Waals surface area contributed by atoms with Gasteiger partial charge < -0.3 is 20.4 Å². The Labute approximate surface area is 250 Å². The zero-order chi connectivity index (χ0) is 31.3. The Balaban J connectivity index is 1.46. The Bertz CT molecular complexity index is 1980. The van der Waals surface area contributed by atoms with Crippen molar-refractivity contribution in [2.45, 2.75) is 38.9 Å². The fourth-order valence-corrected chi connectivity index (χ4v) is 5.84. The van der Waals surface area contributed by atoms with Gasteiger partial charge in [-0.15, -0.1) is 0 Å². The van der Waals surface area contributed by atoms with Crippen LogP contribution in [0.2, 0.25) is 0 Å². The SMILES string of the molecule is Cc1cc2c3c(c1)C(c1ccccc1)=NC(n1c(C)nc4cc(C(=O)NC(CC(=O)O)C(=O)O)ccc4c1=O)C(=O)N3CC2. The molecule has 0 fully saturated rings. The number of carbonyl (C=O) groups excluding carboxylic acids is 2. The van der Waals surface area contributed by atoms with Crippen molar-refractivity contribution < 1.29 is 29.4 Å². The number of rotatable bonds is 7. The second-order valence-corrected chi connectivity index (χ2v) is 10.8. The molecule has 1 aromatic heterocycles. The molecule has 0 aliphatic carbocycles. The van der Waals surface area contributed by atoms with Crippen LogP contribution in [0.3, 0.4) is 0 Å². The molecule has 6 rings (SSSR count). The summed E-state index contributed by atoms with van der Waals surface area (Å²) in [5.41, 5.74) is 4.67. The van der Waals surface area contributed by atoms with Crippen molar-refractivity contribution in [1.29, 1.82) is 0 Å². The first-order valence-corrected chi connectivity index (χ1v) is 13.9. The quantitative estimate of drug-likeness (QED) is 0.293.